The highest BCUT2D eigenvalue weighted by Gasteiger charge is 2.30. The molecule has 0 saturated carbocycles. The Bertz CT molecular complexity index is 1060. The molecule has 4 rings (SSSR count). The summed E-state index contributed by atoms with van der Waals surface area (Å²) in [6, 6.07) is 18.2. The van der Waals surface area contributed by atoms with Crippen molar-refractivity contribution < 1.29 is 24.5 Å². The van der Waals surface area contributed by atoms with Crippen molar-refractivity contribution in [1.82, 2.24) is 0 Å². The van der Waals surface area contributed by atoms with E-state index >= 15 is 0 Å². The first kappa shape index (κ1) is 17.6. The van der Waals surface area contributed by atoms with Crippen molar-refractivity contribution in [2.45, 2.75) is 5.92 Å². The SMILES string of the molecule is Nc1ccc(C(=O)O)c(O)c1C(=O)OCC1c2ccccc2-c2ccccc21. The van der Waals surface area contributed by atoms with Gasteiger partial charge in [0.05, 0.1) is 0 Å². The lowest BCUT2D eigenvalue weighted by Crippen LogP contribution is -2.15. The Morgan fingerprint density at radius 3 is 2.07 bits per heavy atom. The predicted octanol–water partition coefficient (Wildman–Crippen LogP) is 3.64. The van der Waals surface area contributed by atoms with E-state index in [-0.39, 0.29) is 23.8 Å². The lowest BCUT2D eigenvalue weighted by molar-refractivity contribution is 0.0491. The summed E-state index contributed by atoms with van der Waals surface area (Å²) in [6.45, 7) is 0.0447. The topological polar surface area (TPSA) is 110 Å². The summed E-state index contributed by atoms with van der Waals surface area (Å²) in [5, 5.41) is 19.3. The second kappa shape index (κ2) is 6.74. The molecule has 0 fully saturated rings. The number of carbonyl (C=O) groups is 2. The van der Waals surface area contributed by atoms with Gasteiger partial charge in [-0.05, 0) is 34.4 Å². The number of rotatable bonds is 4. The largest absolute Gasteiger partial charge is 0.506 e. The molecule has 0 radical (unpaired) electrons. The number of aromatic carboxylic acids is 1. The Balaban J connectivity index is 1.63. The monoisotopic (exact) mass is 375 g/mol. The molecule has 0 amide bonds. The molecule has 3 aromatic rings. The van der Waals surface area contributed by atoms with Crippen LogP contribution in [0, 0.1) is 0 Å². The first-order valence-electron chi connectivity index (χ1n) is 8.69. The van der Waals surface area contributed by atoms with Crippen LogP contribution in [-0.4, -0.2) is 28.8 Å². The van der Waals surface area contributed by atoms with E-state index in [0.29, 0.717) is 0 Å². The number of benzene rings is 3. The van der Waals surface area contributed by atoms with Gasteiger partial charge in [-0.3, -0.25) is 0 Å². The Labute approximate surface area is 160 Å². The molecule has 0 atom stereocenters. The van der Waals surface area contributed by atoms with Crippen LogP contribution in [-0.2, 0) is 4.74 Å². The number of hydrogen-bond acceptors (Lipinski definition) is 5. The highest BCUT2D eigenvalue weighted by Crippen LogP contribution is 2.44. The highest BCUT2D eigenvalue weighted by atomic mass is 16.5. The molecule has 0 unspecified atom stereocenters. The second-order valence-corrected chi connectivity index (χ2v) is 6.56. The summed E-state index contributed by atoms with van der Waals surface area (Å²) in [4.78, 5) is 23.8. The van der Waals surface area contributed by atoms with Gasteiger partial charge in [0.15, 0.2) is 0 Å². The van der Waals surface area contributed by atoms with E-state index in [9.17, 15) is 14.7 Å². The summed E-state index contributed by atoms with van der Waals surface area (Å²) in [5.74, 6) is -3.06. The molecule has 0 aromatic heterocycles. The number of carboxylic acid groups (broad SMARTS) is 1. The van der Waals surface area contributed by atoms with Gasteiger partial charge in [0.25, 0.3) is 0 Å². The van der Waals surface area contributed by atoms with Gasteiger partial charge >= 0.3 is 11.9 Å². The van der Waals surface area contributed by atoms with Gasteiger partial charge < -0.3 is 20.7 Å². The molecule has 0 bridgehead atoms. The standard InChI is InChI=1S/C22H17NO5/c23-18-10-9-16(21(25)26)20(24)19(18)22(27)28-11-17-14-7-3-1-5-12(14)13-6-2-4-8-15(13)17/h1-10,17,24H,11,23H2,(H,25,26). The summed E-state index contributed by atoms with van der Waals surface area (Å²) >= 11 is 0. The minimum atomic E-state index is -1.36. The average molecular weight is 375 g/mol. The van der Waals surface area contributed by atoms with Crippen molar-refractivity contribution >= 4 is 17.6 Å². The van der Waals surface area contributed by atoms with E-state index in [1.54, 1.807) is 0 Å². The number of aromatic hydroxyl groups is 1. The van der Waals surface area contributed by atoms with Crippen LogP contribution in [0.2, 0.25) is 0 Å². The third-order valence-electron chi connectivity index (χ3n) is 4.99. The fourth-order valence-corrected chi connectivity index (χ4v) is 3.66. The first-order chi connectivity index (χ1) is 13.5. The molecule has 1 aliphatic rings. The number of esters is 1. The second-order valence-electron chi connectivity index (χ2n) is 6.56. The zero-order chi connectivity index (χ0) is 19.8. The third kappa shape index (κ3) is 2.75. The number of nitrogen functional groups attached to an aromatic ring is 1. The minimum absolute atomic E-state index is 0.0419. The zero-order valence-electron chi connectivity index (χ0n) is 14.8. The van der Waals surface area contributed by atoms with Gasteiger partial charge in [0.1, 0.15) is 23.5 Å². The van der Waals surface area contributed by atoms with Crippen LogP contribution in [0.3, 0.4) is 0 Å². The Hall–Kier alpha value is -3.80. The molecule has 0 spiro atoms. The Morgan fingerprint density at radius 2 is 1.50 bits per heavy atom. The van der Waals surface area contributed by atoms with E-state index in [4.69, 9.17) is 15.6 Å². The average Bonchev–Trinajstić information content (AvgIpc) is 3.00. The van der Waals surface area contributed by atoms with Gasteiger partial charge in [-0.15, -0.1) is 0 Å². The van der Waals surface area contributed by atoms with E-state index in [0.717, 1.165) is 28.3 Å². The van der Waals surface area contributed by atoms with E-state index < -0.39 is 23.3 Å². The van der Waals surface area contributed by atoms with Gasteiger partial charge in [0.2, 0.25) is 0 Å². The molecule has 0 saturated heterocycles. The number of carbonyl (C=O) groups excluding carboxylic acids is 1. The Morgan fingerprint density at radius 1 is 0.929 bits per heavy atom. The van der Waals surface area contributed by atoms with Gasteiger partial charge in [-0.1, -0.05) is 48.5 Å². The summed E-state index contributed by atoms with van der Waals surface area (Å²) < 4.78 is 5.45. The first-order valence-corrected chi connectivity index (χ1v) is 8.69. The van der Waals surface area contributed by atoms with Crippen LogP contribution < -0.4 is 5.73 Å². The molecular formula is C22H17NO5. The zero-order valence-corrected chi connectivity index (χ0v) is 14.8. The number of hydrogen-bond donors (Lipinski definition) is 3. The van der Waals surface area contributed by atoms with Crippen LogP contribution in [0.5, 0.6) is 5.75 Å². The van der Waals surface area contributed by atoms with Crippen molar-refractivity contribution in [3.05, 3.63) is 82.9 Å². The van der Waals surface area contributed by atoms with E-state index in [2.05, 4.69) is 0 Å². The third-order valence-corrected chi connectivity index (χ3v) is 4.99. The maximum Gasteiger partial charge on any atom is 0.344 e. The lowest BCUT2D eigenvalue weighted by atomic mass is 9.98. The molecule has 1 aliphatic carbocycles. The van der Waals surface area contributed by atoms with E-state index in [1.165, 1.54) is 6.07 Å². The number of phenols is 1. The predicted molar refractivity (Wildman–Crippen MR) is 103 cm³/mol. The minimum Gasteiger partial charge on any atom is -0.506 e. The molecule has 6 nitrogen and oxygen atoms in total. The normalized spacial score (nSPS) is 12.3. The van der Waals surface area contributed by atoms with Gasteiger partial charge in [-0.25, -0.2) is 9.59 Å². The summed E-state index contributed by atoms with van der Waals surface area (Å²) in [5.41, 5.74) is 9.28. The van der Waals surface area contributed by atoms with Crippen LogP contribution >= 0.6 is 0 Å². The number of carboxylic acids is 1. The van der Waals surface area contributed by atoms with Crippen molar-refractivity contribution in [1.29, 1.82) is 0 Å². The van der Waals surface area contributed by atoms with Gasteiger partial charge in [-0.2, -0.15) is 0 Å². The van der Waals surface area contributed by atoms with Crippen LogP contribution in [0.4, 0.5) is 5.69 Å². The molecule has 140 valence electrons. The van der Waals surface area contributed by atoms with Crippen LogP contribution in [0.25, 0.3) is 11.1 Å². The molecule has 6 heteroatoms. The van der Waals surface area contributed by atoms with E-state index in [1.807, 2.05) is 48.5 Å². The van der Waals surface area contributed by atoms with Crippen molar-refractivity contribution in [2.24, 2.45) is 0 Å². The number of fused-ring (bicyclic) bond motifs is 3. The van der Waals surface area contributed by atoms with Gasteiger partial charge in [0, 0.05) is 11.6 Å². The maximum atomic E-state index is 12.6. The highest BCUT2D eigenvalue weighted by molar-refractivity contribution is 6.03. The Kier molecular flexibility index (Phi) is 4.24. The molecule has 3 aromatic carbocycles. The summed E-state index contributed by atoms with van der Waals surface area (Å²) in [7, 11) is 0. The molecule has 4 N–H and O–H groups in total. The summed E-state index contributed by atoms with van der Waals surface area (Å²) in [6.07, 6.45) is 0. The molecule has 0 heterocycles. The number of nitrogens with two attached hydrogens (primary N) is 1. The molecule has 0 aliphatic heterocycles. The van der Waals surface area contributed by atoms with Crippen molar-refractivity contribution in [2.75, 3.05) is 12.3 Å². The maximum absolute atomic E-state index is 12.6. The van der Waals surface area contributed by atoms with Crippen molar-refractivity contribution in [3.63, 3.8) is 0 Å². The number of anilines is 1. The van der Waals surface area contributed by atoms with Crippen LogP contribution in [0.15, 0.2) is 60.7 Å². The van der Waals surface area contributed by atoms with Crippen molar-refractivity contribution in [3.8, 4) is 16.9 Å². The van der Waals surface area contributed by atoms with Crippen LogP contribution in [0.1, 0.15) is 37.8 Å². The smallest absolute Gasteiger partial charge is 0.344 e. The molecule has 28 heavy (non-hydrogen) atoms. The number of ether oxygens (including phenoxy) is 1. The molecular weight excluding hydrogens is 358 g/mol. The quantitative estimate of drug-likeness (QED) is 0.474. The fraction of sp³-hybridized carbons (Fsp3) is 0.0909. The lowest BCUT2D eigenvalue weighted by Gasteiger charge is -2.15. The fourth-order valence-electron chi connectivity index (χ4n) is 3.66.